The van der Waals surface area contributed by atoms with E-state index in [9.17, 15) is 0 Å². The molecule has 0 amide bonds. The lowest BCUT2D eigenvalue weighted by atomic mass is 9.90. The van der Waals surface area contributed by atoms with Crippen LogP contribution >= 0.6 is 0 Å². The van der Waals surface area contributed by atoms with Gasteiger partial charge >= 0.3 is 0 Å². The molecule has 0 aromatic heterocycles. The van der Waals surface area contributed by atoms with Crippen molar-refractivity contribution in [1.82, 2.24) is 5.32 Å². The van der Waals surface area contributed by atoms with E-state index >= 15 is 0 Å². The molecule has 0 aliphatic heterocycles. The van der Waals surface area contributed by atoms with E-state index in [2.05, 4.69) is 33.0 Å². The van der Waals surface area contributed by atoms with Crippen LogP contribution < -0.4 is 5.32 Å². The maximum Gasteiger partial charge on any atom is 0.0471 e. The Morgan fingerprint density at radius 1 is 1.07 bits per heavy atom. The Balaban J connectivity index is 3.38. The van der Waals surface area contributed by atoms with Crippen LogP contribution in [0.4, 0.5) is 0 Å². The van der Waals surface area contributed by atoms with Crippen molar-refractivity contribution in [2.75, 3.05) is 26.3 Å². The molecule has 0 spiro atoms. The van der Waals surface area contributed by atoms with Gasteiger partial charge in [0.2, 0.25) is 0 Å². The molecule has 0 unspecified atom stereocenters. The average Bonchev–Trinajstić information content (AvgIpc) is 2.17. The topological polar surface area (TPSA) is 21.3 Å². The first-order valence-corrected chi connectivity index (χ1v) is 6.41. The fourth-order valence-corrected chi connectivity index (χ4v) is 1.39. The molecule has 2 nitrogen and oxygen atoms in total. The minimum Gasteiger partial charge on any atom is -0.381 e. The molecular formula is C13H29NO. The molecule has 1 N–H and O–H groups in total. The van der Waals surface area contributed by atoms with E-state index in [4.69, 9.17) is 4.74 Å². The number of hydrogen-bond donors (Lipinski definition) is 1. The van der Waals surface area contributed by atoms with Crippen LogP contribution in [-0.2, 0) is 4.74 Å². The molecule has 0 atom stereocenters. The van der Waals surface area contributed by atoms with Crippen LogP contribution in [0.2, 0.25) is 0 Å². The molecule has 0 aliphatic carbocycles. The normalized spacial score (nSPS) is 12.0. The van der Waals surface area contributed by atoms with Crippen LogP contribution in [0.5, 0.6) is 0 Å². The highest BCUT2D eigenvalue weighted by Crippen LogP contribution is 2.18. The Bertz CT molecular complexity index is 134. The Hall–Kier alpha value is -0.0800. The zero-order valence-electron chi connectivity index (χ0n) is 11.1. The largest absolute Gasteiger partial charge is 0.381 e. The number of unbranched alkanes of at least 4 members (excludes halogenated alkanes) is 1. The SMILES string of the molecule is CCCCOCCC(C)(C)CNCCC. The third-order valence-electron chi connectivity index (χ3n) is 2.60. The van der Waals surface area contributed by atoms with E-state index in [1.54, 1.807) is 0 Å². The molecule has 0 aromatic rings. The van der Waals surface area contributed by atoms with E-state index in [0.717, 1.165) is 32.7 Å². The van der Waals surface area contributed by atoms with Crippen molar-refractivity contribution < 1.29 is 4.74 Å². The molecule has 0 saturated heterocycles. The molecule has 0 radical (unpaired) electrons. The van der Waals surface area contributed by atoms with Crippen molar-refractivity contribution in [1.29, 1.82) is 0 Å². The second-order valence-electron chi connectivity index (χ2n) is 5.06. The van der Waals surface area contributed by atoms with Crippen molar-refractivity contribution in [2.24, 2.45) is 5.41 Å². The smallest absolute Gasteiger partial charge is 0.0471 e. The minimum absolute atomic E-state index is 0.362. The van der Waals surface area contributed by atoms with Gasteiger partial charge in [0.15, 0.2) is 0 Å². The Kier molecular flexibility index (Phi) is 9.12. The molecule has 2 heteroatoms. The third-order valence-corrected chi connectivity index (χ3v) is 2.60. The molecule has 0 rings (SSSR count). The monoisotopic (exact) mass is 215 g/mol. The van der Waals surface area contributed by atoms with Gasteiger partial charge < -0.3 is 10.1 Å². The van der Waals surface area contributed by atoms with Crippen molar-refractivity contribution in [3.63, 3.8) is 0 Å². The molecule has 0 aromatic carbocycles. The van der Waals surface area contributed by atoms with Crippen molar-refractivity contribution >= 4 is 0 Å². The maximum atomic E-state index is 5.59. The molecule has 0 aliphatic rings. The van der Waals surface area contributed by atoms with E-state index in [0.29, 0.717) is 5.41 Å². The van der Waals surface area contributed by atoms with Gasteiger partial charge in [-0.3, -0.25) is 0 Å². The van der Waals surface area contributed by atoms with Gasteiger partial charge in [0, 0.05) is 19.8 Å². The molecule has 92 valence electrons. The van der Waals surface area contributed by atoms with Crippen molar-refractivity contribution in [3.8, 4) is 0 Å². The average molecular weight is 215 g/mol. The predicted octanol–water partition coefficient (Wildman–Crippen LogP) is 3.22. The van der Waals surface area contributed by atoms with Gasteiger partial charge in [0.05, 0.1) is 0 Å². The van der Waals surface area contributed by atoms with Gasteiger partial charge in [-0.05, 0) is 31.2 Å². The second-order valence-corrected chi connectivity index (χ2v) is 5.06. The standard InChI is InChI=1S/C13H29NO/c1-5-7-10-15-11-8-13(3,4)12-14-9-6-2/h14H,5-12H2,1-4H3. The first-order chi connectivity index (χ1) is 7.12. The molecule has 0 saturated carbocycles. The van der Waals surface area contributed by atoms with Crippen LogP contribution in [0, 0.1) is 5.41 Å². The van der Waals surface area contributed by atoms with Gasteiger partial charge in [-0.15, -0.1) is 0 Å². The second kappa shape index (κ2) is 9.17. The van der Waals surface area contributed by atoms with Crippen LogP contribution in [0.25, 0.3) is 0 Å². The summed E-state index contributed by atoms with van der Waals surface area (Å²) < 4.78 is 5.59. The van der Waals surface area contributed by atoms with Crippen LogP contribution in [0.15, 0.2) is 0 Å². The van der Waals surface area contributed by atoms with Gasteiger partial charge in [-0.1, -0.05) is 34.1 Å². The van der Waals surface area contributed by atoms with Crippen LogP contribution in [-0.4, -0.2) is 26.3 Å². The molecule has 15 heavy (non-hydrogen) atoms. The van der Waals surface area contributed by atoms with E-state index in [1.807, 2.05) is 0 Å². The fourth-order valence-electron chi connectivity index (χ4n) is 1.39. The first kappa shape index (κ1) is 14.9. The lowest BCUT2D eigenvalue weighted by Gasteiger charge is -2.24. The summed E-state index contributed by atoms with van der Waals surface area (Å²) in [5, 5.41) is 3.47. The highest BCUT2D eigenvalue weighted by molar-refractivity contribution is 4.71. The number of nitrogens with one attached hydrogen (secondary N) is 1. The summed E-state index contributed by atoms with van der Waals surface area (Å²) in [6.45, 7) is 13.1. The van der Waals surface area contributed by atoms with Gasteiger partial charge in [-0.25, -0.2) is 0 Å². The highest BCUT2D eigenvalue weighted by Gasteiger charge is 2.16. The molecule has 0 heterocycles. The molecule has 0 fully saturated rings. The summed E-state index contributed by atoms with van der Waals surface area (Å²) in [5.74, 6) is 0. The zero-order chi connectivity index (χ0) is 11.6. The molecular weight excluding hydrogens is 186 g/mol. The lowest BCUT2D eigenvalue weighted by molar-refractivity contribution is 0.101. The van der Waals surface area contributed by atoms with Gasteiger partial charge in [-0.2, -0.15) is 0 Å². The van der Waals surface area contributed by atoms with Crippen LogP contribution in [0.3, 0.4) is 0 Å². The number of hydrogen-bond acceptors (Lipinski definition) is 2. The number of ether oxygens (including phenoxy) is 1. The minimum atomic E-state index is 0.362. The Morgan fingerprint density at radius 2 is 1.80 bits per heavy atom. The summed E-state index contributed by atoms with van der Waals surface area (Å²) in [5.41, 5.74) is 0.362. The van der Waals surface area contributed by atoms with E-state index in [1.165, 1.54) is 19.3 Å². The lowest BCUT2D eigenvalue weighted by Crippen LogP contribution is -2.31. The van der Waals surface area contributed by atoms with E-state index in [-0.39, 0.29) is 0 Å². The van der Waals surface area contributed by atoms with Gasteiger partial charge in [0.1, 0.15) is 0 Å². The molecule has 0 bridgehead atoms. The first-order valence-electron chi connectivity index (χ1n) is 6.41. The number of rotatable bonds is 10. The summed E-state index contributed by atoms with van der Waals surface area (Å²) >= 11 is 0. The fraction of sp³-hybridized carbons (Fsp3) is 1.00. The van der Waals surface area contributed by atoms with E-state index < -0.39 is 0 Å². The predicted molar refractivity (Wildman–Crippen MR) is 67.3 cm³/mol. The Labute approximate surface area is 95.8 Å². The van der Waals surface area contributed by atoms with Crippen molar-refractivity contribution in [2.45, 2.75) is 53.4 Å². The van der Waals surface area contributed by atoms with Crippen LogP contribution in [0.1, 0.15) is 53.4 Å². The summed E-state index contributed by atoms with van der Waals surface area (Å²) in [6.07, 6.45) is 4.77. The third kappa shape index (κ3) is 10.2. The summed E-state index contributed by atoms with van der Waals surface area (Å²) in [7, 11) is 0. The highest BCUT2D eigenvalue weighted by atomic mass is 16.5. The Morgan fingerprint density at radius 3 is 2.40 bits per heavy atom. The maximum absolute atomic E-state index is 5.59. The van der Waals surface area contributed by atoms with Crippen molar-refractivity contribution in [3.05, 3.63) is 0 Å². The quantitative estimate of drug-likeness (QED) is 0.565. The summed E-state index contributed by atoms with van der Waals surface area (Å²) in [4.78, 5) is 0. The zero-order valence-corrected chi connectivity index (χ0v) is 11.1. The summed E-state index contributed by atoms with van der Waals surface area (Å²) in [6, 6.07) is 0. The van der Waals surface area contributed by atoms with Gasteiger partial charge in [0.25, 0.3) is 0 Å².